The molecule has 0 radical (unpaired) electrons. The van der Waals surface area contributed by atoms with E-state index in [0.717, 1.165) is 16.8 Å². The molecule has 1 N–H and O–H groups in total. The molecule has 2 heterocycles. The maximum atomic E-state index is 12.5. The summed E-state index contributed by atoms with van der Waals surface area (Å²) in [4.78, 5) is 14.7. The molecule has 1 saturated heterocycles. The number of benzene rings is 3. The molecule has 1 atom stereocenters. The minimum Gasteiger partial charge on any atom is -0.490 e. The topological polar surface area (TPSA) is 50.8 Å². The van der Waals surface area contributed by atoms with E-state index in [4.69, 9.17) is 21.1 Å². The Hall–Kier alpha value is -3.44. The number of fused-ring (bicyclic) bond motifs is 3. The first-order valence-corrected chi connectivity index (χ1v) is 12.2. The van der Waals surface area contributed by atoms with Gasteiger partial charge in [0.1, 0.15) is 12.3 Å². The number of carbonyl (C=O) groups is 1. The highest BCUT2D eigenvalue weighted by Gasteiger charge is 2.59. The van der Waals surface area contributed by atoms with Gasteiger partial charge in [-0.05, 0) is 48.4 Å². The number of nitrogens with one attached hydrogen (secondary N) is 1. The van der Waals surface area contributed by atoms with Crippen LogP contribution in [0.25, 0.3) is 6.08 Å². The maximum absolute atomic E-state index is 12.5. The predicted molar refractivity (Wildman–Crippen MR) is 140 cm³/mol. The third-order valence-corrected chi connectivity index (χ3v) is 7.37. The Kier molecular flexibility index (Phi) is 5.97. The van der Waals surface area contributed by atoms with E-state index < -0.39 is 5.66 Å². The molecule has 35 heavy (non-hydrogen) atoms. The number of hydrogen-bond acceptors (Lipinski definition) is 4. The van der Waals surface area contributed by atoms with Crippen LogP contribution in [0.5, 0.6) is 11.5 Å². The van der Waals surface area contributed by atoms with E-state index in [2.05, 4.69) is 48.3 Å². The second-order valence-electron chi connectivity index (χ2n) is 9.40. The quantitative estimate of drug-likeness (QED) is 0.446. The summed E-state index contributed by atoms with van der Waals surface area (Å²) >= 11 is 6.28. The molecule has 3 aromatic carbocycles. The molecule has 0 unspecified atom stereocenters. The lowest BCUT2D eigenvalue weighted by atomic mass is 9.75. The Morgan fingerprint density at radius 1 is 1.03 bits per heavy atom. The first-order chi connectivity index (χ1) is 16.9. The van der Waals surface area contributed by atoms with E-state index >= 15 is 0 Å². The molecule has 0 aliphatic carbocycles. The Morgan fingerprint density at radius 2 is 1.80 bits per heavy atom. The van der Waals surface area contributed by atoms with Crippen molar-refractivity contribution in [1.29, 1.82) is 0 Å². The molecule has 1 amide bonds. The molecule has 0 saturated carbocycles. The van der Waals surface area contributed by atoms with Gasteiger partial charge >= 0.3 is 0 Å². The van der Waals surface area contributed by atoms with E-state index in [9.17, 15) is 4.79 Å². The number of hydrogen-bond donors (Lipinski definition) is 1. The van der Waals surface area contributed by atoms with E-state index in [1.54, 1.807) is 0 Å². The summed E-state index contributed by atoms with van der Waals surface area (Å²) in [5.74, 6) is 1.35. The van der Waals surface area contributed by atoms with Crippen molar-refractivity contribution >= 4 is 29.3 Å². The first kappa shape index (κ1) is 23.3. The second kappa shape index (κ2) is 8.97. The lowest BCUT2D eigenvalue weighted by molar-refractivity contribution is -0.118. The number of para-hydroxylation sites is 1. The van der Waals surface area contributed by atoms with Crippen LogP contribution in [-0.4, -0.2) is 24.7 Å². The molecule has 3 aromatic rings. The Bertz CT molecular complexity index is 1300. The van der Waals surface area contributed by atoms with Gasteiger partial charge in [0.25, 0.3) is 0 Å². The predicted octanol–water partition coefficient (Wildman–Crippen LogP) is 5.95. The van der Waals surface area contributed by atoms with E-state index in [1.807, 2.05) is 61.5 Å². The fraction of sp³-hybridized carbons (Fsp3) is 0.276. The van der Waals surface area contributed by atoms with Gasteiger partial charge in [0.15, 0.2) is 11.5 Å². The highest BCUT2D eigenvalue weighted by atomic mass is 35.5. The standard InChI is InChI=1S/C29H29ClN2O3/c1-4-34-26-17-20(13-14-25(26)35-19-21-9-5-7-11-23(21)30)15-16-29-28(2,3)22-10-6-8-12-24(22)32(29)18-27(33)31-29/h5-17H,4,18-19H2,1-3H3,(H,31,33)/b16-15+/t29-/m1/s1. The van der Waals surface area contributed by atoms with Crippen molar-refractivity contribution in [3.63, 3.8) is 0 Å². The van der Waals surface area contributed by atoms with Crippen LogP contribution in [0.4, 0.5) is 5.69 Å². The zero-order valence-electron chi connectivity index (χ0n) is 20.2. The molecular formula is C29H29ClN2O3. The average molecular weight is 489 g/mol. The van der Waals surface area contributed by atoms with Crippen molar-refractivity contribution in [3.05, 3.63) is 94.5 Å². The van der Waals surface area contributed by atoms with Crippen LogP contribution >= 0.6 is 11.6 Å². The zero-order chi connectivity index (χ0) is 24.6. The van der Waals surface area contributed by atoms with Gasteiger partial charge in [0.05, 0.1) is 13.2 Å². The summed E-state index contributed by atoms with van der Waals surface area (Å²) in [6, 6.07) is 21.8. The summed E-state index contributed by atoms with van der Waals surface area (Å²) in [5.41, 5.74) is 3.24. The van der Waals surface area contributed by atoms with Crippen molar-refractivity contribution < 1.29 is 14.3 Å². The molecule has 0 bridgehead atoms. The number of rotatable bonds is 7. The Balaban J connectivity index is 1.44. The first-order valence-electron chi connectivity index (χ1n) is 11.9. The van der Waals surface area contributed by atoms with Crippen molar-refractivity contribution in [3.8, 4) is 11.5 Å². The molecule has 1 fully saturated rings. The summed E-state index contributed by atoms with van der Waals surface area (Å²) < 4.78 is 11.9. The van der Waals surface area contributed by atoms with E-state index in [0.29, 0.717) is 36.3 Å². The largest absolute Gasteiger partial charge is 0.490 e. The molecular weight excluding hydrogens is 460 g/mol. The van der Waals surface area contributed by atoms with Gasteiger partial charge in [-0.25, -0.2) is 0 Å². The monoisotopic (exact) mass is 488 g/mol. The maximum Gasteiger partial charge on any atom is 0.241 e. The molecule has 0 aromatic heterocycles. The van der Waals surface area contributed by atoms with Crippen LogP contribution in [0.3, 0.4) is 0 Å². The lowest BCUT2D eigenvalue weighted by Gasteiger charge is -2.40. The van der Waals surface area contributed by atoms with Crippen LogP contribution in [0.2, 0.25) is 5.02 Å². The van der Waals surface area contributed by atoms with Crippen LogP contribution < -0.4 is 19.7 Å². The van der Waals surface area contributed by atoms with E-state index in [1.165, 1.54) is 5.56 Å². The molecule has 180 valence electrons. The van der Waals surface area contributed by atoms with Crippen molar-refractivity contribution in [2.24, 2.45) is 0 Å². The number of carbonyl (C=O) groups excluding carboxylic acids is 1. The van der Waals surface area contributed by atoms with Gasteiger partial charge in [-0.2, -0.15) is 0 Å². The summed E-state index contributed by atoms with van der Waals surface area (Å²) in [7, 11) is 0. The lowest BCUT2D eigenvalue weighted by Crippen LogP contribution is -2.58. The van der Waals surface area contributed by atoms with Crippen LogP contribution in [0.1, 0.15) is 37.5 Å². The van der Waals surface area contributed by atoms with Gasteiger partial charge in [-0.15, -0.1) is 0 Å². The molecule has 5 rings (SSSR count). The Morgan fingerprint density at radius 3 is 2.60 bits per heavy atom. The zero-order valence-corrected chi connectivity index (χ0v) is 20.9. The van der Waals surface area contributed by atoms with Crippen LogP contribution in [0.15, 0.2) is 72.8 Å². The SMILES string of the molecule is CCOc1cc(/C=C/[C@@]23NC(=O)CN2c2ccccc2C3(C)C)ccc1OCc1ccccc1Cl. The molecule has 6 heteroatoms. The van der Waals surface area contributed by atoms with Crippen LogP contribution in [0, 0.1) is 0 Å². The fourth-order valence-corrected chi connectivity index (χ4v) is 5.33. The fourth-order valence-electron chi connectivity index (χ4n) is 5.14. The van der Waals surface area contributed by atoms with Gasteiger partial charge in [-0.1, -0.05) is 74.0 Å². The highest BCUT2D eigenvalue weighted by Crippen LogP contribution is 2.52. The van der Waals surface area contributed by atoms with Gasteiger partial charge in [0.2, 0.25) is 5.91 Å². The minimum atomic E-state index is -0.640. The summed E-state index contributed by atoms with van der Waals surface area (Å²) in [6.07, 6.45) is 4.15. The minimum absolute atomic E-state index is 0.0237. The van der Waals surface area contributed by atoms with Gasteiger partial charge in [0, 0.05) is 21.7 Å². The number of nitrogens with zero attached hydrogens (tertiary/aromatic N) is 1. The molecule has 2 aliphatic rings. The third-order valence-electron chi connectivity index (χ3n) is 7.00. The van der Waals surface area contributed by atoms with Crippen molar-refractivity contribution in [1.82, 2.24) is 5.32 Å². The normalized spacial score (nSPS) is 20.0. The van der Waals surface area contributed by atoms with Crippen LogP contribution in [-0.2, 0) is 16.8 Å². The summed E-state index contributed by atoms with van der Waals surface area (Å²) in [5, 5.41) is 3.94. The molecule has 5 nitrogen and oxygen atoms in total. The van der Waals surface area contributed by atoms with Crippen molar-refractivity contribution in [2.45, 2.75) is 38.5 Å². The number of ether oxygens (including phenoxy) is 2. The number of amides is 1. The Labute approximate surface area is 211 Å². The smallest absolute Gasteiger partial charge is 0.241 e. The van der Waals surface area contributed by atoms with Gasteiger partial charge in [-0.3, -0.25) is 4.79 Å². The number of halogens is 1. The third kappa shape index (κ3) is 3.94. The van der Waals surface area contributed by atoms with Gasteiger partial charge < -0.3 is 19.7 Å². The highest BCUT2D eigenvalue weighted by molar-refractivity contribution is 6.31. The molecule has 2 aliphatic heterocycles. The average Bonchev–Trinajstić information content (AvgIpc) is 3.28. The summed E-state index contributed by atoms with van der Waals surface area (Å²) in [6.45, 7) is 7.52. The second-order valence-corrected chi connectivity index (χ2v) is 9.80. The van der Waals surface area contributed by atoms with E-state index in [-0.39, 0.29) is 11.3 Å². The van der Waals surface area contributed by atoms with Crippen molar-refractivity contribution in [2.75, 3.05) is 18.1 Å². The number of anilines is 1. The molecule has 0 spiro atoms.